The fourth-order valence-electron chi connectivity index (χ4n) is 1.26. The summed E-state index contributed by atoms with van der Waals surface area (Å²) in [7, 11) is -2.69. The predicted molar refractivity (Wildman–Crippen MR) is 59.4 cm³/mol. The highest BCUT2D eigenvalue weighted by atomic mass is 32.2. The summed E-state index contributed by atoms with van der Waals surface area (Å²) in [5.74, 6) is -2.39. The van der Waals surface area contributed by atoms with E-state index >= 15 is 0 Å². The van der Waals surface area contributed by atoms with Gasteiger partial charge in [-0.3, -0.25) is 0 Å². The Labute approximate surface area is 103 Å². The van der Waals surface area contributed by atoms with E-state index in [1.54, 1.807) is 0 Å². The van der Waals surface area contributed by atoms with Gasteiger partial charge in [0.15, 0.2) is 11.6 Å². The van der Waals surface area contributed by atoms with Gasteiger partial charge in [0.25, 0.3) is 0 Å². The fourth-order valence-corrected chi connectivity index (χ4v) is 2.48. The average molecular weight is 281 g/mol. The molecule has 0 aliphatic carbocycles. The van der Waals surface area contributed by atoms with Gasteiger partial charge in [-0.25, -0.2) is 21.9 Å². The number of benzene rings is 1. The van der Waals surface area contributed by atoms with Crippen LogP contribution in [0.1, 0.15) is 0 Å². The number of ether oxygens (including phenoxy) is 1. The van der Waals surface area contributed by atoms with Gasteiger partial charge in [0.05, 0.1) is 24.2 Å². The van der Waals surface area contributed by atoms with Gasteiger partial charge < -0.3 is 9.84 Å². The van der Waals surface area contributed by atoms with Gasteiger partial charge >= 0.3 is 0 Å². The minimum absolute atomic E-state index is 0.0423. The number of halogens is 2. The molecule has 1 unspecified atom stereocenters. The summed E-state index contributed by atoms with van der Waals surface area (Å²) >= 11 is 0. The van der Waals surface area contributed by atoms with Crippen molar-refractivity contribution in [1.29, 1.82) is 0 Å². The molecule has 0 bridgehead atoms. The maximum Gasteiger partial charge on any atom is 0.241 e. The standard InChI is InChI=1S/C10H13F2NO4S/c1-17-6-7(5-14)13-18(15,16)8-2-3-9(11)10(12)4-8/h2-4,7,13-14H,5-6H2,1H3. The molecule has 0 saturated heterocycles. The first-order valence-electron chi connectivity index (χ1n) is 4.98. The van der Waals surface area contributed by atoms with E-state index in [4.69, 9.17) is 9.84 Å². The number of hydrogen-bond acceptors (Lipinski definition) is 4. The molecule has 0 amide bonds. The number of aliphatic hydroxyl groups is 1. The Morgan fingerprint density at radius 1 is 1.39 bits per heavy atom. The molecular weight excluding hydrogens is 268 g/mol. The maximum atomic E-state index is 12.9. The molecule has 0 fully saturated rings. The molecule has 0 aliphatic rings. The molecule has 0 aliphatic heterocycles. The predicted octanol–water partition coefficient (Wildman–Crippen LogP) is 0.250. The third-order valence-corrected chi connectivity index (χ3v) is 3.63. The van der Waals surface area contributed by atoms with E-state index in [0.29, 0.717) is 12.1 Å². The monoisotopic (exact) mass is 281 g/mol. The number of hydrogen-bond donors (Lipinski definition) is 2. The summed E-state index contributed by atoms with van der Waals surface area (Å²) in [6.07, 6.45) is 0. The molecular formula is C10H13F2NO4S. The lowest BCUT2D eigenvalue weighted by Gasteiger charge is -2.15. The normalized spacial score (nSPS) is 13.6. The topological polar surface area (TPSA) is 75.6 Å². The zero-order valence-corrected chi connectivity index (χ0v) is 10.4. The zero-order chi connectivity index (χ0) is 13.8. The lowest BCUT2D eigenvalue weighted by Crippen LogP contribution is -2.40. The number of nitrogens with one attached hydrogen (secondary N) is 1. The molecule has 1 rings (SSSR count). The van der Waals surface area contributed by atoms with Gasteiger partial charge in [0.2, 0.25) is 10.0 Å². The molecule has 18 heavy (non-hydrogen) atoms. The maximum absolute atomic E-state index is 12.9. The van der Waals surface area contributed by atoms with E-state index in [1.807, 2.05) is 0 Å². The van der Waals surface area contributed by atoms with E-state index in [0.717, 1.165) is 6.07 Å². The average Bonchev–Trinajstić information content (AvgIpc) is 2.31. The summed E-state index contributed by atoms with van der Waals surface area (Å²) in [5, 5.41) is 8.93. The number of rotatable bonds is 6. The molecule has 1 aromatic carbocycles. The smallest absolute Gasteiger partial charge is 0.241 e. The largest absolute Gasteiger partial charge is 0.395 e. The minimum Gasteiger partial charge on any atom is -0.395 e. The van der Waals surface area contributed by atoms with Gasteiger partial charge in [-0.15, -0.1) is 0 Å². The van der Waals surface area contributed by atoms with Crippen LogP contribution in [0.3, 0.4) is 0 Å². The van der Waals surface area contributed by atoms with Crippen molar-refractivity contribution in [2.24, 2.45) is 0 Å². The summed E-state index contributed by atoms with van der Waals surface area (Å²) in [4.78, 5) is -0.420. The van der Waals surface area contributed by atoms with E-state index in [-0.39, 0.29) is 6.61 Å². The van der Waals surface area contributed by atoms with E-state index in [9.17, 15) is 17.2 Å². The molecule has 5 nitrogen and oxygen atoms in total. The quantitative estimate of drug-likeness (QED) is 0.784. The second-order valence-corrected chi connectivity index (χ2v) is 5.25. The molecule has 1 aromatic rings. The summed E-state index contributed by atoms with van der Waals surface area (Å²) in [6, 6.07) is 1.36. The highest BCUT2D eigenvalue weighted by Gasteiger charge is 2.20. The van der Waals surface area contributed by atoms with Crippen molar-refractivity contribution in [3.63, 3.8) is 0 Å². The molecule has 1 atom stereocenters. The van der Waals surface area contributed by atoms with Crippen molar-refractivity contribution < 1.29 is 27.0 Å². The lowest BCUT2D eigenvalue weighted by molar-refractivity contribution is 0.139. The van der Waals surface area contributed by atoms with E-state index < -0.39 is 39.2 Å². The summed E-state index contributed by atoms with van der Waals surface area (Å²) in [5.41, 5.74) is 0. The second kappa shape index (κ2) is 6.19. The SMILES string of the molecule is COCC(CO)NS(=O)(=O)c1ccc(F)c(F)c1. The highest BCUT2D eigenvalue weighted by Crippen LogP contribution is 2.14. The van der Waals surface area contributed by atoms with Gasteiger partial charge in [-0.2, -0.15) is 0 Å². The Kier molecular flexibility index (Phi) is 5.15. The molecule has 8 heteroatoms. The van der Waals surface area contributed by atoms with Crippen LogP contribution in [0.5, 0.6) is 0 Å². The molecule has 0 saturated carbocycles. The van der Waals surface area contributed by atoms with Crippen LogP contribution < -0.4 is 4.72 Å². The van der Waals surface area contributed by atoms with E-state index in [2.05, 4.69) is 4.72 Å². The molecule has 0 heterocycles. The van der Waals surface area contributed by atoms with Crippen LogP contribution in [0, 0.1) is 11.6 Å². The van der Waals surface area contributed by atoms with Crippen LogP contribution in [0.4, 0.5) is 8.78 Å². The van der Waals surface area contributed by atoms with Crippen LogP contribution in [0.2, 0.25) is 0 Å². The van der Waals surface area contributed by atoms with Gasteiger partial charge in [-0.1, -0.05) is 0 Å². The zero-order valence-electron chi connectivity index (χ0n) is 9.56. The van der Waals surface area contributed by atoms with Crippen molar-refractivity contribution in [2.45, 2.75) is 10.9 Å². The molecule has 0 aromatic heterocycles. The third-order valence-electron chi connectivity index (χ3n) is 2.11. The van der Waals surface area contributed by atoms with Gasteiger partial charge in [0.1, 0.15) is 0 Å². The van der Waals surface area contributed by atoms with Crippen molar-refractivity contribution in [1.82, 2.24) is 4.72 Å². The number of aliphatic hydroxyl groups excluding tert-OH is 1. The lowest BCUT2D eigenvalue weighted by atomic mass is 10.3. The van der Waals surface area contributed by atoms with E-state index in [1.165, 1.54) is 7.11 Å². The van der Waals surface area contributed by atoms with Crippen molar-refractivity contribution in [2.75, 3.05) is 20.3 Å². The molecule has 0 spiro atoms. The first-order chi connectivity index (χ1) is 8.40. The number of sulfonamides is 1. The van der Waals surface area contributed by atoms with Crippen LogP contribution in [-0.4, -0.2) is 39.9 Å². The Hall–Kier alpha value is -1.09. The Balaban J connectivity index is 2.95. The summed E-state index contributed by atoms with van der Waals surface area (Å²) < 4.78 is 56.0. The molecule has 0 radical (unpaired) electrons. The Morgan fingerprint density at radius 3 is 2.56 bits per heavy atom. The number of methoxy groups -OCH3 is 1. The summed E-state index contributed by atoms with van der Waals surface area (Å²) in [6.45, 7) is -0.518. The van der Waals surface area contributed by atoms with Crippen LogP contribution >= 0.6 is 0 Å². The molecule has 102 valence electrons. The van der Waals surface area contributed by atoms with Crippen LogP contribution in [0.25, 0.3) is 0 Å². The van der Waals surface area contributed by atoms with Gasteiger partial charge in [-0.05, 0) is 18.2 Å². The van der Waals surface area contributed by atoms with Crippen LogP contribution in [0.15, 0.2) is 23.1 Å². The first kappa shape index (κ1) is 15.0. The Bertz CT molecular complexity index is 507. The fraction of sp³-hybridized carbons (Fsp3) is 0.400. The third kappa shape index (κ3) is 3.70. The minimum atomic E-state index is -4.03. The van der Waals surface area contributed by atoms with Gasteiger partial charge in [0, 0.05) is 7.11 Å². The van der Waals surface area contributed by atoms with Crippen LogP contribution in [-0.2, 0) is 14.8 Å². The molecule has 2 N–H and O–H groups in total. The highest BCUT2D eigenvalue weighted by molar-refractivity contribution is 7.89. The van der Waals surface area contributed by atoms with Crippen molar-refractivity contribution in [3.8, 4) is 0 Å². The second-order valence-electron chi connectivity index (χ2n) is 3.53. The van der Waals surface area contributed by atoms with Crippen molar-refractivity contribution >= 4 is 10.0 Å². The Morgan fingerprint density at radius 2 is 2.06 bits per heavy atom. The van der Waals surface area contributed by atoms with Crippen molar-refractivity contribution in [3.05, 3.63) is 29.8 Å². The first-order valence-corrected chi connectivity index (χ1v) is 6.46.